The summed E-state index contributed by atoms with van der Waals surface area (Å²) < 4.78 is 0. The Morgan fingerprint density at radius 1 is 1.19 bits per heavy atom. The Bertz CT molecular complexity index is 362. The van der Waals surface area contributed by atoms with Gasteiger partial charge in [0.2, 0.25) is 0 Å². The molecule has 0 fully saturated rings. The number of anilines is 1. The van der Waals surface area contributed by atoms with Crippen molar-refractivity contribution in [2.24, 2.45) is 0 Å². The van der Waals surface area contributed by atoms with Crippen molar-refractivity contribution in [2.75, 3.05) is 11.9 Å². The molecule has 1 aromatic rings. The fourth-order valence-corrected chi connectivity index (χ4v) is 3.23. The van der Waals surface area contributed by atoms with E-state index >= 15 is 0 Å². The Hall–Kier alpha value is -0.980. The molecule has 0 radical (unpaired) electrons. The second-order valence-corrected chi connectivity index (χ2v) is 5.13. The third-order valence-corrected chi connectivity index (χ3v) is 3.90. The van der Waals surface area contributed by atoms with Gasteiger partial charge in [0.15, 0.2) is 0 Å². The van der Waals surface area contributed by atoms with Crippen molar-refractivity contribution in [3.05, 3.63) is 29.3 Å². The first-order valence-electron chi connectivity index (χ1n) is 6.57. The van der Waals surface area contributed by atoms with Crippen LogP contribution in [0.5, 0.6) is 0 Å². The molecule has 1 aromatic carbocycles. The minimum atomic E-state index is 0.408. The summed E-state index contributed by atoms with van der Waals surface area (Å²) in [6.07, 6.45) is 5.17. The number of hydrogen-bond donors (Lipinski definition) is 1. The molecule has 0 saturated heterocycles. The largest absolute Gasteiger partial charge is 0.384 e. The number of aryl methyl sites for hydroxylation is 1. The van der Waals surface area contributed by atoms with Gasteiger partial charge in [-0.1, -0.05) is 44.9 Å². The molecular formula is C15H23N. The molecule has 16 heavy (non-hydrogen) atoms. The average molecular weight is 217 g/mol. The van der Waals surface area contributed by atoms with Gasteiger partial charge in [0.25, 0.3) is 0 Å². The molecule has 1 heteroatoms. The van der Waals surface area contributed by atoms with Gasteiger partial charge >= 0.3 is 0 Å². The zero-order valence-corrected chi connectivity index (χ0v) is 10.8. The first-order valence-corrected chi connectivity index (χ1v) is 6.57. The van der Waals surface area contributed by atoms with Gasteiger partial charge in [-0.15, -0.1) is 0 Å². The van der Waals surface area contributed by atoms with Crippen LogP contribution >= 0.6 is 0 Å². The summed E-state index contributed by atoms with van der Waals surface area (Å²) >= 11 is 0. The Labute approximate surface area is 99.3 Å². The number of benzene rings is 1. The van der Waals surface area contributed by atoms with Crippen LogP contribution in [0.4, 0.5) is 5.69 Å². The maximum Gasteiger partial charge on any atom is 0.0409 e. The summed E-state index contributed by atoms with van der Waals surface area (Å²) in [5, 5.41) is 3.63. The van der Waals surface area contributed by atoms with Crippen LogP contribution in [0.3, 0.4) is 0 Å². The Balaban J connectivity index is 2.42. The highest BCUT2D eigenvalue weighted by Gasteiger charge is 2.37. The minimum absolute atomic E-state index is 0.408. The van der Waals surface area contributed by atoms with E-state index in [1.165, 1.54) is 36.9 Å². The van der Waals surface area contributed by atoms with Gasteiger partial charge < -0.3 is 5.32 Å². The monoisotopic (exact) mass is 217 g/mol. The lowest BCUT2D eigenvalue weighted by Gasteiger charge is -2.28. The molecule has 1 nitrogen and oxygen atoms in total. The van der Waals surface area contributed by atoms with Gasteiger partial charge in [-0.2, -0.15) is 0 Å². The third-order valence-electron chi connectivity index (χ3n) is 3.90. The van der Waals surface area contributed by atoms with Crippen molar-refractivity contribution in [3.8, 4) is 0 Å². The summed E-state index contributed by atoms with van der Waals surface area (Å²) in [5.41, 5.74) is 4.78. The molecule has 0 bridgehead atoms. The Morgan fingerprint density at radius 3 is 2.50 bits per heavy atom. The van der Waals surface area contributed by atoms with Gasteiger partial charge in [0, 0.05) is 17.6 Å². The molecule has 0 aromatic heterocycles. The van der Waals surface area contributed by atoms with Crippen LogP contribution < -0.4 is 5.32 Å². The van der Waals surface area contributed by atoms with Gasteiger partial charge in [-0.25, -0.2) is 0 Å². The van der Waals surface area contributed by atoms with Crippen molar-refractivity contribution >= 4 is 5.69 Å². The standard InChI is InChI=1S/C15H23N/c1-4-9-15(10-5-2)11-16-14-12(3)7-6-8-13(14)15/h6-8,16H,4-5,9-11H2,1-3H3. The van der Waals surface area contributed by atoms with E-state index in [1.807, 2.05) is 0 Å². The maximum atomic E-state index is 3.63. The fraction of sp³-hybridized carbons (Fsp3) is 0.600. The van der Waals surface area contributed by atoms with Gasteiger partial charge in [-0.3, -0.25) is 0 Å². The highest BCUT2D eigenvalue weighted by atomic mass is 14.9. The third kappa shape index (κ3) is 1.73. The van der Waals surface area contributed by atoms with E-state index < -0.39 is 0 Å². The lowest BCUT2D eigenvalue weighted by Crippen LogP contribution is -2.28. The number of nitrogens with one attached hydrogen (secondary N) is 1. The highest BCUT2D eigenvalue weighted by Crippen LogP contribution is 2.44. The lowest BCUT2D eigenvalue weighted by molar-refractivity contribution is 0.391. The van der Waals surface area contributed by atoms with Crippen LogP contribution in [-0.2, 0) is 5.41 Å². The summed E-state index contributed by atoms with van der Waals surface area (Å²) in [7, 11) is 0. The van der Waals surface area contributed by atoms with Crippen molar-refractivity contribution in [3.63, 3.8) is 0 Å². The molecule has 0 spiro atoms. The highest BCUT2D eigenvalue weighted by molar-refractivity contribution is 5.64. The van der Waals surface area contributed by atoms with E-state index in [9.17, 15) is 0 Å². The average Bonchev–Trinajstić information content (AvgIpc) is 2.61. The molecule has 1 N–H and O–H groups in total. The Kier molecular flexibility index (Phi) is 3.22. The first-order chi connectivity index (χ1) is 7.73. The lowest BCUT2D eigenvalue weighted by atomic mass is 9.75. The minimum Gasteiger partial charge on any atom is -0.384 e. The van der Waals surface area contributed by atoms with Gasteiger partial charge in [0.05, 0.1) is 0 Å². The molecule has 0 atom stereocenters. The van der Waals surface area contributed by atoms with Crippen LogP contribution in [0, 0.1) is 6.92 Å². The van der Waals surface area contributed by atoms with Crippen LogP contribution in [-0.4, -0.2) is 6.54 Å². The summed E-state index contributed by atoms with van der Waals surface area (Å²) in [5.74, 6) is 0. The van der Waals surface area contributed by atoms with Crippen LogP contribution in [0.15, 0.2) is 18.2 Å². The van der Waals surface area contributed by atoms with Gasteiger partial charge in [0.1, 0.15) is 0 Å². The number of para-hydroxylation sites is 1. The van der Waals surface area contributed by atoms with Crippen LogP contribution in [0.1, 0.15) is 50.7 Å². The molecule has 0 saturated carbocycles. The summed E-state index contributed by atoms with van der Waals surface area (Å²) in [6.45, 7) is 7.94. The molecule has 2 rings (SSSR count). The number of rotatable bonds is 4. The van der Waals surface area contributed by atoms with E-state index in [0.717, 1.165) is 6.54 Å². The maximum absolute atomic E-state index is 3.63. The smallest absolute Gasteiger partial charge is 0.0409 e. The van der Waals surface area contributed by atoms with Crippen LogP contribution in [0.25, 0.3) is 0 Å². The predicted molar refractivity (Wildman–Crippen MR) is 71.2 cm³/mol. The molecule has 1 heterocycles. The molecular weight excluding hydrogens is 194 g/mol. The molecule has 0 amide bonds. The topological polar surface area (TPSA) is 12.0 Å². The second-order valence-electron chi connectivity index (χ2n) is 5.13. The second kappa shape index (κ2) is 4.48. The van der Waals surface area contributed by atoms with E-state index in [2.05, 4.69) is 44.3 Å². The number of hydrogen-bond acceptors (Lipinski definition) is 1. The number of fused-ring (bicyclic) bond motifs is 1. The first kappa shape index (κ1) is 11.5. The molecule has 1 aliphatic rings. The van der Waals surface area contributed by atoms with Crippen molar-refractivity contribution < 1.29 is 0 Å². The zero-order chi connectivity index (χ0) is 11.6. The molecule has 0 unspecified atom stereocenters. The van der Waals surface area contributed by atoms with Gasteiger partial charge in [-0.05, 0) is 30.9 Å². The van der Waals surface area contributed by atoms with Crippen molar-refractivity contribution in [1.82, 2.24) is 0 Å². The fourth-order valence-electron chi connectivity index (χ4n) is 3.23. The molecule has 1 aliphatic heterocycles. The van der Waals surface area contributed by atoms with E-state index in [0.29, 0.717) is 5.41 Å². The van der Waals surface area contributed by atoms with E-state index in [1.54, 1.807) is 5.56 Å². The Morgan fingerprint density at radius 2 is 1.88 bits per heavy atom. The molecule has 0 aliphatic carbocycles. The zero-order valence-electron chi connectivity index (χ0n) is 10.8. The normalized spacial score (nSPS) is 16.9. The van der Waals surface area contributed by atoms with Crippen LogP contribution in [0.2, 0.25) is 0 Å². The summed E-state index contributed by atoms with van der Waals surface area (Å²) in [6, 6.07) is 6.74. The predicted octanol–water partition coefficient (Wildman–Crippen LogP) is 4.26. The molecule has 88 valence electrons. The SMILES string of the molecule is CCCC1(CCC)CNc2c(C)cccc21. The van der Waals surface area contributed by atoms with E-state index in [-0.39, 0.29) is 0 Å². The quantitative estimate of drug-likeness (QED) is 0.794. The van der Waals surface area contributed by atoms with E-state index in [4.69, 9.17) is 0 Å². The summed E-state index contributed by atoms with van der Waals surface area (Å²) in [4.78, 5) is 0. The van der Waals surface area contributed by atoms with Crippen molar-refractivity contribution in [1.29, 1.82) is 0 Å². The van der Waals surface area contributed by atoms with Crippen molar-refractivity contribution in [2.45, 2.75) is 51.9 Å².